The van der Waals surface area contributed by atoms with Crippen LogP contribution < -0.4 is 5.32 Å². The molecule has 2 aliphatic heterocycles. The van der Waals surface area contributed by atoms with E-state index in [0.717, 1.165) is 19.3 Å². The van der Waals surface area contributed by atoms with Gasteiger partial charge in [0, 0.05) is 24.7 Å². The summed E-state index contributed by atoms with van der Waals surface area (Å²) in [6.07, 6.45) is 4.96. The van der Waals surface area contributed by atoms with Crippen LogP contribution in [0.1, 0.15) is 46.5 Å². The molecule has 2 heterocycles. The summed E-state index contributed by atoms with van der Waals surface area (Å²) in [7, 11) is 0. The number of hydrogen-bond acceptors (Lipinski definition) is 3. The molecule has 2 unspecified atom stereocenters. The van der Waals surface area contributed by atoms with E-state index < -0.39 is 0 Å². The smallest absolute Gasteiger partial charge is 0.0506 e. The maximum Gasteiger partial charge on any atom is 0.0506 e. The van der Waals surface area contributed by atoms with Crippen LogP contribution in [-0.2, 0) is 4.74 Å². The first kappa shape index (κ1) is 14.3. The molecule has 0 spiro atoms. The quantitative estimate of drug-likeness (QED) is 0.836. The molecule has 3 heteroatoms. The number of rotatable bonds is 3. The van der Waals surface area contributed by atoms with E-state index in [4.69, 9.17) is 4.74 Å². The van der Waals surface area contributed by atoms with E-state index in [0.29, 0.717) is 11.5 Å². The summed E-state index contributed by atoms with van der Waals surface area (Å²) in [5.41, 5.74) is 0.342. The van der Waals surface area contributed by atoms with E-state index >= 15 is 0 Å². The number of nitrogens with one attached hydrogen (secondary N) is 1. The predicted molar refractivity (Wildman–Crippen MR) is 75.9 cm³/mol. The third-order valence-corrected chi connectivity index (χ3v) is 5.05. The first-order chi connectivity index (χ1) is 8.71. The maximum absolute atomic E-state index is 5.60. The Morgan fingerprint density at radius 3 is 2.78 bits per heavy atom. The van der Waals surface area contributed by atoms with Crippen LogP contribution in [0.4, 0.5) is 0 Å². The predicted octanol–water partition coefficient (Wildman–Crippen LogP) is 2.27. The molecule has 18 heavy (non-hydrogen) atoms. The molecule has 0 bridgehead atoms. The highest BCUT2D eigenvalue weighted by Crippen LogP contribution is 2.26. The molecule has 0 aromatic carbocycles. The minimum atomic E-state index is 0.342. The van der Waals surface area contributed by atoms with Gasteiger partial charge in [-0.05, 0) is 44.7 Å². The molecule has 0 aromatic heterocycles. The molecule has 2 rings (SSSR count). The Labute approximate surface area is 112 Å². The van der Waals surface area contributed by atoms with Gasteiger partial charge in [-0.3, -0.25) is 4.90 Å². The van der Waals surface area contributed by atoms with Crippen LogP contribution in [-0.4, -0.2) is 49.3 Å². The Hall–Kier alpha value is -0.120. The average Bonchev–Trinajstić information content (AvgIpc) is 2.62. The van der Waals surface area contributed by atoms with Crippen LogP contribution >= 0.6 is 0 Å². The lowest BCUT2D eigenvalue weighted by Gasteiger charge is -2.42. The van der Waals surface area contributed by atoms with Crippen molar-refractivity contribution in [3.63, 3.8) is 0 Å². The molecule has 0 aromatic rings. The van der Waals surface area contributed by atoms with Gasteiger partial charge in [0.25, 0.3) is 0 Å². The molecule has 2 aliphatic rings. The minimum Gasteiger partial charge on any atom is -0.381 e. The number of nitrogens with zero attached hydrogens (tertiary/aromatic N) is 1. The van der Waals surface area contributed by atoms with Crippen LogP contribution in [0.5, 0.6) is 0 Å². The molecule has 0 saturated carbocycles. The Kier molecular flexibility index (Phi) is 5.05. The summed E-state index contributed by atoms with van der Waals surface area (Å²) in [6, 6.07) is 0.733. The molecule has 1 N–H and O–H groups in total. The van der Waals surface area contributed by atoms with Crippen LogP contribution in [0.3, 0.4) is 0 Å². The highest BCUT2D eigenvalue weighted by molar-refractivity contribution is 4.94. The van der Waals surface area contributed by atoms with E-state index in [9.17, 15) is 0 Å². The van der Waals surface area contributed by atoms with Gasteiger partial charge in [-0.1, -0.05) is 20.8 Å². The van der Waals surface area contributed by atoms with E-state index in [1.54, 1.807) is 0 Å². The zero-order valence-electron chi connectivity index (χ0n) is 12.4. The van der Waals surface area contributed by atoms with Crippen molar-refractivity contribution in [2.75, 3.05) is 32.8 Å². The van der Waals surface area contributed by atoms with Crippen LogP contribution in [0.25, 0.3) is 0 Å². The van der Waals surface area contributed by atoms with Crippen molar-refractivity contribution < 1.29 is 4.74 Å². The molecular weight excluding hydrogens is 224 g/mol. The Balaban J connectivity index is 2.06. The number of ether oxygens (including phenoxy) is 1. The monoisotopic (exact) mass is 254 g/mol. The summed E-state index contributed by atoms with van der Waals surface area (Å²) in [5.74, 6) is 0.684. The van der Waals surface area contributed by atoms with Gasteiger partial charge in [-0.2, -0.15) is 0 Å². The second kappa shape index (κ2) is 6.36. The normalized spacial score (nSPS) is 34.2. The van der Waals surface area contributed by atoms with Gasteiger partial charge in [0.2, 0.25) is 0 Å². The minimum absolute atomic E-state index is 0.342. The van der Waals surface area contributed by atoms with Gasteiger partial charge in [0.05, 0.1) is 6.61 Å². The third kappa shape index (κ3) is 3.06. The summed E-state index contributed by atoms with van der Waals surface area (Å²) < 4.78 is 5.60. The standard InChI is InChI=1S/C15H30N2O/c1-4-15(5-2)12-17(9-6-8-16-15)14-7-10-18-11-13(14)3/h13-14,16H,4-12H2,1-3H3. The Morgan fingerprint density at radius 1 is 1.33 bits per heavy atom. The molecule has 2 atom stereocenters. The summed E-state index contributed by atoms with van der Waals surface area (Å²) >= 11 is 0. The first-order valence-electron chi connectivity index (χ1n) is 7.77. The fraction of sp³-hybridized carbons (Fsp3) is 1.00. The van der Waals surface area contributed by atoms with Gasteiger partial charge < -0.3 is 10.1 Å². The van der Waals surface area contributed by atoms with Crippen molar-refractivity contribution in [2.24, 2.45) is 5.92 Å². The van der Waals surface area contributed by atoms with Crippen molar-refractivity contribution in [3.05, 3.63) is 0 Å². The van der Waals surface area contributed by atoms with E-state index in [-0.39, 0.29) is 0 Å². The maximum atomic E-state index is 5.60. The van der Waals surface area contributed by atoms with Crippen molar-refractivity contribution in [2.45, 2.75) is 58.0 Å². The molecule has 3 nitrogen and oxygen atoms in total. The SMILES string of the molecule is CCC1(CC)CN(C2CCOCC2C)CCCN1. The van der Waals surface area contributed by atoms with Crippen molar-refractivity contribution >= 4 is 0 Å². The molecule has 0 amide bonds. The molecule has 0 radical (unpaired) electrons. The van der Waals surface area contributed by atoms with Gasteiger partial charge >= 0.3 is 0 Å². The van der Waals surface area contributed by atoms with Crippen LogP contribution in [0.15, 0.2) is 0 Å². The van der Waals surface area contributed by atoms with E-state index in [1.165, 1.54) is 45.3 Å². The lowest BCUT2D eigenvalue weighted by Crippen LogP contribution is -2.54. The molecule has 2 fully saturated rings. The average molecular weight is 254 g/mol. The summed E-state index contributed by atoms with van der Waals surface area (Å²) in [6.45, 7) is 12.5. The van der Waals surface area contributed by atoms with Crippen LogP contribution in [0, 0.1) is 5.92 Å². The molecular formula is C15H30N2O. The van der Waals surface area contributed by atoms with Crippen molar-refractivity contribution in [3.8, 4) is 0 Å². The molecule has 2 saturated heterocycles. The molecule has 0 aliphatic carbocycles. The number of hydrogen-bond donors (Lipinski definition) is 1. The lowest BCUT2D eigenvalue weighted by molar-refractivity contribution is -0.0118. The topological polar surface area (TPSA) is 24.5 Å². The largest absolute Gasteiger partial charge is 0.381 e. The van der Waals surface area contributed by atoms with Gasteiger partial charge in [-0.25, -0.2) is 0 Å². The van der Waals surface area contributed by atoms with Gasteiger partial charge in [-0.15, -0.1) is 0 Å². The molecule has 106 valence electrons. The highest BCUT2D eigenvalue weighted by atomic mass is 16.5. The van der Waals surface area contributed by atoms with Gasteiger partial charge in [0.1, 0.15) is 0 Å². The third-order valence-electron chi connectivity index (χ3n) is 5.05. The first-order valence-corrected chi connectivity index (χ1v) is 7.77. The van der Waals surface area contributed by atoms with Crippen molar-refractivity contribution in [1.29, 1.82) is 0 Å². The van der Waals surface area contributed by atoms with Crippen molar-refractivity contribution in [1.82, 2.24) is 10.2 Å². The summed E-state index contributed by atoms with van der Waals surface area (Å²) in [4.78, 5) is 2.75. The zero-order valence-corrected chi connectivity index (χ0v) is 12.4. The van der Waals surface area contributed by atoms with E-state index in [1.807, 2.05) is 0 Å². The van der Waals surface area contributed by atoms with Crippen LogP contribution in [0.2, 0.25) is 0 Å². The fourth-order valence-electron chi connectivity index (χ4n) is 3.58. The van der Waals surface area contributed by atoms with E-state index in [2.05, 4.69) is 31.0 Å². The zero-order chi connectivity index (χ0) is 13.0. The Bertz CT molecular complexity index is 253. The second-order valence-electron chi connectivity index (χ2n) is 6.15. The second-order valence-corrected chi connectivity index (χ2v) is 6.15. The highest BCUT2D eigenvalue weighted by Gasteiger charge is 2.35. The lowest BCUT2D eigenvalue weighted by atomic mass is 9.89. The summed E-state index contributed by atoms with van der Waals surface area (Å²) in [5, 5.41) is 3.81. The Morgan fingerprint density at radius 2 is 2.11 bits per heavy atom. The van der Waals surface area contributed by atoms with Gasteiger partial charge in [0.15, 0.2) is 0 Å². The fourth-order valence-corrected chi connectivity index (χ4v) is 3.58.